The van der Waals surface area contributed by atoms with Crippen LogP contribution in [0.15, 0.2) is 54.3 Å². The lowest BCUT2D eigenvalue weighted by molar-refractivity contribution is -0.315. The highest BCUT2D eigenvalue weighted by molar-refractivity contribution is 5.97. The highest BCUT2D eigenvalue weighted by atomic mass is 16.5. The molecule has 5 heteroatoms. The summed E-state index contributed by atoms with van der Waals surface area (Å²) in [5.74, 6) is -0.176. The van der Waals surface area contributed by atoms with Crippen molar-refractivity contribution in [2.45, 2.75) is 71.5 Å². The fourth-order valence-electron chi connectivity index (χ4n) is 6.26. The quantitative estimate of drug-likeness (QED) is 0.338. The summed E-state index contributed by atoms with van der Waals surface area (Å²) < 4.78 is 6.29. The standard InChI is InChI=1S/C29H39NO4/c1-4-20(28-18(2)13-16-25(34-28)19(3)29(32)33)8-5-10-22-15-14-21-9-6-11-23(21)26(22)27(31)24-12-7-17-30-24/h5,7-8,10,12,14-15,17-19,21-23,25-26,28,30H,4,6,9,11,13,16H2,1-3H3,(H,32,33)/p-1/b10-5+,20-8-/t18-,19-,21-,22+,23-,25+,26+,28-/m0/s1. The molecule has 2 aliphatic carbocycles. The molecule has 34 heavy (non-hydrogen) atoms. The minimum absolute atomic E-state index is 0.0379. The Hall–Kier alpha value is -2.40. The Kier molecular flexibility index (Phi) is 7.92. The molecule has 1 N–H and O–H groups in total. The van der Waals surface area contributed by atoms with Crippen LogP contribution >= 0.6 is 0 Å². The third kappa shape index (κ3) is 5.14. The molecule has 2 heterocycles. The summed E-state index contributed by atoms with van der Waals surface area (Å²) in [7, 11) is 0. The maximum atomic E-state index is 13.4. The van der Waals surface area contributed by atoms with E-state index in [0.29, 0.717) is 23.4 Å². The topological polar surface area (TPSA) is 82.2 Å². The van der Waals surface area contributed by atoms with Gasteiger partial charge in [0.1, 0.15) is 0 Å². The Morgan fingerprint density at radius 1 is 1.24 bits per heavy atom. The Balaban J connectivity index is 1.53. The normalized spacial score (nSPS) is 34.8. The molecule has 8 atom stereocenters. The van der Waals surface area contributed by atoms with Crippen molar-refractivity contribution in [3.8, 4) is 0 Å². The van der Waals surface area contributed by atoms with Gasteiger partial charge in [0.05, 0.1) is 17.9 Å². The number of carboxylic acids is 1. The van der Waals surface area contributed by atoms with E-state index in [4.69, 9.17) is 4.74 Å². The van der Waals surface area contributed by atoms with Gasteiger partial charge in [0.25, 0.3) is 0 Å². The molecule has 0 radical (unpaired) electrons. The number of aromatic amines is 1. The van der Waals surface area contributed by atoms with Gasteiger partial charge in [0.15, 0.2) is 5.78 Å². The monoisotopic (exact) mass is 464 g/mol. The molecule has 0 spiro atoms. The van der Waals surface area contributed by atoms with Gasteiger partial charge < -0.3 is 19.6 Å². The fourth-order valence-corrected chi connectivity index (χ4v) is 6.26. The zero-order valence-electron chi connectivity index (χ0n) is 20.6. The van der Waals surface area contributed by atoms with Gasteiger partial charge >= 0.3 is 0 Å². The van der Waals surface area contributed by atoms with Crippen LogP contribution in [-0.4, -0.2) is 28.9 Å². The minimum atomic E-state index is -1.05. The Labute approximate surface area is 203 Å². The number of rotatable bonds is 8. The fraction of sp³-hybridized carbons (Fsp3) is 0.586. The second-order valence-electron chi connectivity index (χ2n) is 10.4. The number of carboxylic acid groups (broad SMARTS) is 1. The summed E-state index contributed by atoms with van der Waals surface area (Å²) in [4.78, 5) is 27.9. The number of nitrogens with one attached hydrogen (secondary N) is 1. The molecular weight excluding hydrogens is 426 g/mol. The number of carbonyl (C=O) groups excluding carboxylic acids is 2. The Morgan fingerprint density at radius 2 is 2.06 bits per heavy atom. The van der Waals surface area contributed by atoms with Crippen molar-refractivity contribution in [1.29, 1.82) is 0 Å². The molecule has 3 aliphatic rings. The van der Waals surface area contributed by atoms with Crippen LogP contribution < -0.4 is 5.11 Å². The third-order valence-corrected chi connectivity index (χ3v) is 8.34. The number of carbonyl (C=O) groups is 2. The molecule has 1 aromatic heterocycles. The molecule has 0 amide bonds. The van der Waals surface area contributed by atoms with Crippen LogP contribution in [0.3, 0.4) is 0 Å². The van der Waals surface area contributed by atoms with Crippen LogP contribution in [0.25, 0.3) is 0 Å². The van der Waals surface area contributed by atoms with Crippen molar-refractivity contribution < 1.29 is 19.4 Å². The highest BCUT2D eigenvalue weighted by Gasteiger charge is 2.42. The highest BCUT2D eigenvalue weighted by Crippen LogP contribution is 2.46. The van der Waals surface area contributed by atoms with E-state index in [1.807, 2.05) is 18.3 Å². The first kappa shape index (κ1) is 24.7. The van der Waals surface area contributed by atoms with E-state index >= 15 is 0 Å². The van der Waals surface area contributed by atoms with Crippen molar-refractivity contribution >= 4 is 11.8 Å². The third-order valence-electron chi connectivity index (χ3n) is 8.34. The molecule has 4 rings (SSSR count). The lowest BCUT2D eigenvalue weighted by Crippen LogP contribution is -2.44. The molecule has 1 aliphatic heterocycles. The zero-order chi connectivity index (χ0) is 24.2. The van der Waals surface area contributed by atoms with Gasteiger partial charge in [-0.1, -0.05) is 57.6 Å². The summed E-state index contributed by atoms with van der Waals surface area (Å²) >= 11 is 0. The molecule has 1 saturated carbocycles. The summed E-state index contributed by atoms with van der Waals surface area (Å²) in [6.07, 6.45) is 18.3. The molecule has 1 saturated heterocycles. The van der Waals surface area contributed by atoms with Crippen molar-refractivity contribution in [3.63, 3.8) is 0 Å². The summed E-state index contributed by atoms with van der Waals surface area (Å²) in [5.41, 5.74) is 1.87. The SMILES string of the molecule is CC/C(=C/C=C/[C@@H]1C=C[C@@H]2CCC[C@@H]2[C@@H]1C(=O)c1ccc[nH]1)[C@H]1O[C@@H]([C@H](C)C(=O)[O-])CC[C@@H]1C. The van der Waals surface area contributed by atoms with Crippen LogP contribution in [0.2, 0.25) is 0 Å². The van der Waals surface area contributed by atoms with Gasteiger partial charge in [0.2, 0.25) is 0 Å². The predicted octanol–water partition coefficient (Wildman–Crippen LogP) is 4.88. The Bertz CT molecular complexity index is 943. The average molecular weight is 465 g/mol. The maximum absolute atomic E-state index is 13.4. The molecule has 0 bridgehead atoms. The number of Topliss-reactive ketones (excluding diaryl/α,β-unsaturated/α-hetero) is 1. The van der Waals surface area contributed by atoms with Crippen LogP contribution in [0, 0.1) is 35.5 Å². The molecule has 0 aromatic carbocycles. The van der Waals surface area contributed by atoms with E-state index in [2.05, 4.69) is 49.2 Å². The number of aliphatic carboxylic acids is 1. The number of ether oxygens (including phenoxy) is 1. The molecule has 184 valence electrons. The Morgan fingerprint density at radius 3 is 2.76 bits per heavy atom. The minimum Gasteiger partial charge on any atom is -0.550 e. The van der Waals surface area contributed by atoms with E-state index in [9.17, 15) is 14.7 Å². The molecule has 5 nitrogen and oxygen atoms in total. The number of allylic oxidation sites excluding steroid dienone is 5. The predicted molar refractivity (Wildman–Crippen MR) is 131 cm³/mol. The maximum Gasteiger partial charge on any atom is 0.183 e. The largest absolute Gasteiger partial charge is 0.550 e. The van der Waals surface area contributed by atoms with Crippen molar-refractivity contribution in [2.24, 2.45) is 35.5 Å². The van der Waals surface area contributed by atoms with Gasteiger partial charge in [0, 0.05) is 29.9 Å². The number of aromatic nitrogens is 1. The van der Waals surface area contributed by atoms with Crippen LogP contribution in [-0.2, 0) is 9.53 Å². The second-order valence-corrected chi connectivity index (χ2v) is 10.4. The number of hydrogen-bond donors (Lipinski definition) is 1. The first-order valence-electron chi connectivity index (χ1n) is 13.0. The number of fused-ring (bicyclic) bond motifs is 1. The molecule has 1 aromatic rings. The summed E-state index contributed by atoms with van der Waals surface area (Å²) in [6, 6.07) is 3.77. The van der Waals surface area contributed by atoms with Gasteiger partial charge in [-0.05, 0) is 67.6 Å². The van der Waals surface area contributed by atoms with E-state index < -0.39 is 11.9 Å². The van der Waals surface area contributed by atoms with Crippen molar-refractivity contribution in [1.82, 2.24) is 4.98 Å². The van der Waals surface area contributed by atoms with Crippen LogP contribution in [0.1, 0.15) is 69.8 Å². The van der Waals surface area contributed by atoms with E-state index in [0.717, 1.165) is 25.7 Å². The first-order valence-corrected chi connectivity index (χ1v) is 13.0. The second kappa shape index (κ2) is 10.9. The van der Waals surface area contributed by atoms with Gasteiger partial charge in [-0.2, -0.15) is 0 Å². The van der Waals surface area contributed by atoms with Crippen molar-refractivity contribution in [3.05, 3.63) is 60.0 Å². The molecule has 0 unspecified atom stereocenters. The molecular formula is C29H38NO4-. The van der Waals surface area contributed by atoms with Crippen LogP contribution in [0.5, 0.6) is 0 Å². The van der Waals surface area contributed by atoms with Gasteiger partial charge in [-0.15, -0.1) is 0 Å². The molecule has 2 fully saturated rings. The van der Waals surface area contributed by atoms with Crippen LogP contribution in [0.4, 0.5) is 0 Å². The van der Waals surface area contributed by atoms with E-state index in [1.165, 1.54) is 18.4 Å². The number of H-pyrrole nitrogens is 1. The van der Waals surface area contributed by atoms with E-state index in [1.54, 1.807) is 6.92 Å². The first-order chi connectivity index (χ1) is 16.4. The lowest BCUT2D eigenvalue weighted by atomic mass is 9.69. The van der Waals surface area contributed by atoms with Gasteiger partial charge in [-0.25, -0.2) is 0 Å². The summed E-state index contributed by atoms with van der Waals surface area (Å²) in [6.45, 7) is 5.96. The van der Waals surface area contributed by atoms with E-state index in [-0.39, 0.29) is 29.8 Å². The number of hydrogen-bond acceptors (Lipinski definition) is 4. The number of ketones is 1. The average Bonchev–Trinajstić information content (AvgIpc) is 3.53. The summed E-state index contributed by atoms with van der Waals surface area (Å²) in [5, 5.41) is 11.4. The lowest BCUT2D eigenvalue weighted by Gasteiger charge is -2.39. The van der Waals surface area contributed by atoms with Crippen molar-refractivity contribution in [2.75, 3.05) is 0 Å². The zero-order valence-corrected chi connectivity index (χ0v) is 20.6. The smallest absolute Gasteiger partial charge is 0.183 e. The van der Waals surface area contributed by atoms with Gasteiger partial charge in [-0.3, -0.25) is 4.79 Å².